The van der Waals surface area contributed by atoms with Gasteiger partial charge in [-0.05, 0) is 23.7 Å². The molecule has 0 aliphatic heterocycles. The van der Waals surface area contributed by atoms with Crippen molar-refractivity contribution in [2.45, 2.75) is 4.90 Å². The maximum atomic E-state index is 13.2. The topological polar surface area (TPSA) is 72.0 Å². The van der Waals surface area contributed by atoms with Crippen molar-refractivity contribution in [2.75, 3.05) is 4.72 Å². The van der Waals surface area contributed by atoms with Crippen LogP contribution in [0.3, 0.4) is 0 Å². The molecule has 0 aliphatic rings. The molecule has 0 aliphatic carbocycles. The van der Waals surface area contributed by atoms with Crippen LogP contribution in [-0.2, 0) is 10.0 Å². The molecule has 0 atom stereocenters. The smallest absolute Gasteiger partial charge is 0.264 e. The highest BCUT2D eigenvalue weighted by molar-refractivity contribution is 7.92. The number of nitrogens with zero attached hydrogens (tertiary/aromatic N) is 2. The molecule has 1 aromatic heterocycles. The Bertz CT molecular complexity index is 730. The summed E-state index contributed by atoms with van der Waals surface area (Å²) >= 11 is 16.6. The lowest BCUT2D eigenvalue weighted by atomic mass is 10.3. The molecular weight excluding hydrogens is 352 g/mol. The fourth-order valence-corrected chi connectivity index (χ4v) is 2.78. The van der Waals surface area contributed by atoms with Gasteiger partial charge in [-0.25, -0.2) is 22.8 Å². The van der Waals surface area contributed by atoms with Gasteiger partial charge in [-0.1, -0.05) is 23.2 Å². The summed E-state index contributed by atoms with van der Waals surface area (Å²) in [4.78, 5) is 6.91. The number of halogens is 4. The summed E-state index contributed by atoms with van der Waals surface area (Å²) in [6.07, 6.45) is 2.06. The van der Waals surface area contributed by atoms with E-state index in [-0.39, 0.29) is 25.9 Å². The van der Waals surface area contributed by atoms with E-state index in [2.05, 4.69) is 14.7 Å². The molecule has 0 unspecified atom stereocenters. The molecule has 0 radical (unpaired) electrons. The molecule has 106 valence electrons. The molecule has 1 aromatic carbocycles. The van der Waals surface area contributed by atoms with Crippen molar-refractivity contribution in [3.05, 3.63) is 45.7 Å². The third-order valence-corrected chi connectivity index (χ3v) is 4.22. The van der Waals surface area contributed by atoms with Crippen molar-refractivity contribution in [3.8, 4) is 0 Å². The second-order valence-electron chi connectivity index (χ2n) is 3.55. The Morgan fingerprint density at radius 2 is 1.55 bits per heavy atom. The molecule has 0 bridgehead atoms. The minimum Gasteiger partial charge on any atom is -0.279 e. The fourth-order valence-electron chi connectivity index (χ4n) is 1.27. The monoisotopic (exact) mass is 355 g/mol. The normalized spacial score (nSPS) is 11.4. The number of aromatic nitrogens is 2. The van der Waals surface area contributed by atoms with Gasteiger partial charge in [0, 0.05) is 0 Å². The van der Waals surface area contributed by atoms with Crippen LogP contribution in [0.1, 0.15) is 0 Å². The summed E-state index contributed by atoms with van der Waals surface area (Å²) in [7, 11) is -3.95. The van der Waals surface area contributed by atoms with Crippen LogP contribution < -0.4 is 4.72 Å². The highest BCUT2D eigenvalue weighted by Gasteiger charge is 2.17. The van der Waals surface area contributed by atoms with Crippen molar-refractivity contribution in [1.82, 2.24) is 9.97 Å². The van der Waals surface area contributed by atoms with Gasteiger partial charge in [0.1, 0.15) is 4.90 Å². The Morgan fingerprint density at radius 3 is 2.05 bits per heavy atom. The summed E-state index contributed by atoms with van der Waals surface area (Å²) in [6, 6.07) is 2.19. The largest absolute Gasteiger partial charge is 0.279 e. The first-order chi connectivity index (χ1) is 9.29. The van der Waals surface area contributed by atoms with E-state index in [0.29, 0.717) is 0 Å². The van der Waals surface area contributed by atoms with Crippen LogP contribution in [0, 0.1) is 5.82 Å². The van der Waals surface area contributed by atoms with Crippen LogP contribution in [0.5, 0.6) is 0 Å². The van der Waals surface area contributed by atoms with Gasteiger partial charge in [0.2, 0.25) is 5.28 Å². The van der Waals surface area contributed by atoms with E-state index in [9.17, 15) is 12.8 Å². The van der Waals surface area contributed by atoms with E-state index in [1.165, 1.54) is 0 Å². The predicted octanol–water partition coefficient (Wildman–Crippen LogP) is 3.38. The molecule has 0 fully saturated rings. The van der Waals surface area contributed by atoms with Gasteiger partial charge in [-0.15, -0.1) is 0 Å². The molecule has 0 spiro atoms. The lowest BCUT2D eigenvalue weighted by molar-refractivity contribution is 0.600. The molecule has 1 heterocycles. The van der Waals surface area contributed by atoms with Crippen LogP contribution in [0.15, 0.2) is 29.4 Å². The lowest BCUT2D eigenvalue weighted by Crippen LogP contribution is -2.13. The third-order valence-electron chi connectivity index (χ3n) is 2.14. The molecule has 0 saturated carbocycles. The number of rotatable bonds is 3. The summed E-state index contributed by atoms with van der Waals surface area (Å²) in [6.45, 7) is 0. The average molecular weight is 357 g/mol. The van der Waals surface area contributed by atoms with Crippen molar-refractivity contribution >= 4 is 50.5 Å². The Kier molecular flexibility index (Phi) is 4.33. The highest BCUT2D eigenvalue weighted by Crippen LogP contribution is 2.28. The zero-order valence-corrected chi connectivity index (χ0v) is 12.5. The second kappa shape index (κ2) is 5.69. The Balaban J connectivity index is 2.36. The molecule has 2 aromatic rings. The van der Waals surface area contributed by atoms with Crippen LogP contribution in [0.4, 0.5) is 10.1 Å². The molecule has 20 heavy (non-hydrogen) atoms. The number of benzene rings is 1. The maximum Gasteiger partial charge on any atom is 0.264 e. The number of sulfonamides is 1. The molecule has 10 heteroatoms. The van der Waals surface area contributed by atoms with Gasteiger partial charge < -0.3 is 0 Å². The molecular formula is C10H5Cl3FN3O2S. The summed E-state index contributed by atoms with van der Waals surface area (Å²) in [5.74, 6) is -0.828. The summed E-state index contributed by atoms with van der Waals surface area (Å²) in [5, 5.41) is -0.693. The van der Waals surface area contributed by atoms with Crippen molar-refractivity contribution in [1.29, 1.82) is 0 Å². The molecule has 0 saturated heterocycles. The minimum atomic E-state index is -3.95. The second-order valence-corrected chi connectivity index (χ2v) is 6.38. The van der Waals surface area contributed by atoms with Crippen LogP contribution in [0.2, 0.25) is 15.3 Å². The number of anilines is 1. The van der Waals surface area contributed by atoms with E-state index in [1.807, 2.05) is 0 Å². The van der Waals surface area contributed by atoms with Gasteiger partial charge >= 0.3 is 0 Å². The predicted molar refractivity (Wildman–Crippen MR) is 74.3 cm³/mol. The van der Waals surface area contributed by atoms with Gasteiger partial charge in [0.25, 0.3) is 10.0 Å². The Morgan fingerprint density at radius 1 is 1.05 bits per heavy atom. The number of nitrogens with one attached hydrogen (secondary N) is 1. The van der Waals surface area contributed by atoms with Gasteiger partial charge in [0.15, 0.2) is 5.82 Å². The quantitative estimate of drug-likeness (QED) is 0.676. The molecule has 5 nitrogen and oxygen atoms in total. The fraction of sp³-hybridized carbons (Fsp3) is 0. The molecule has 1 N–H and O–H groups in total. The Hall–Kier alpha value is -1.15. The first-order valence-electron chi connectivity index (χ1n) is 4.94. The zero-order valence-electron chi connectivity index (χ0n) is 9.44. The maximum absolute atomic E-state index is 13.2. The SMILES string of the molecule is O=S(=O)(Nc1cc(Cl)c(F)c(Cl)c1)c1cnc(Cl)nc1. The van der Waals surface area contributed by atoms with Crippen LogP contribution >= 0.6 is 34.8 Å². The number of hydrogen-bond acceptors (Lipinski definition) is 4. The van der Waals surface area contributed by atoms with E-state index in [0.717, 1.165) is 24.5 Å². The third kappa shape index (κ3) is 3.29. The van der Waals surface area contributed by atoms with Crippen molar-refractivity contribution < 1.29 is 12.8 Å². The lowest BCUT2D eigenvalue weighted by Gasteiger charge is -2.09. The van der Waals surface area contributed by atoms with E-state index >= 15 is 0 Å². The van der Waals surface area contributed by atoms with Gasteiger partial charge in [0.05, 0.1) is 28.1 Å². The van der Waals surface area contributed by atoms with E-state index in [1.54, 1.807) is 0 Å². The van der Waals surface area contributed by atoms with E-state index < -0.39 is 15.8 Å². The van der Waals surface area contributed by atoms with E-state index in [4.69, 9.17) is 34.8 Å². The van der Waals surface area contributed by atoms with Crippen LogP contribution in [-0.4, -0.2) is 18.4 Å². The number of hydrogen-bond donors (Lipinski definition) is 1. The first-order valence-corrected chi connectivity index (χ1v) is 7.56. The van der Waals surface area contributed by atoms with Gasteiger partial charge in [-0.3, -0.25) is 4.72 Å². The van der Waals surface area contributed by atoms with Crippen LogP contribution in [0.25, 0.3) is 0 Å². The zero-order chi connectivity index (χ0) is 14.9. The molecule has 0 amide bonds. The Labute approximate surface area is 128 Å². The minimum absolute atomic E-state index is 0.0105. The summed E-state index contributed by atoms with van der Waals surface area (Å²) < 4.78 is 39.4. The van der Waals surface area contributed by atoms with Gasteiger partial charge in [-0.2, -0.15) is 0 Å². The highest BCUT2D eigenvalue weighted by atomic mass is 35.5. The van der Waals surface area contributed by atoms with Crippen molar-refractivity contribution in [2.24, 2.45) is 0 Å². The van der Waals surface area contributed by atoms with Crippen molar-refractivity contribution in [3.63, 3.8) is 0 Å². The summed E-state index contributed by atoms with van der Waals surface area (Å²) in [5.41, 5.74) is 0.0105. The first kappa shape index (κ1) is 15.2. The average Bonchev–Trinajstić information content (AvgIpc) is 2.36. The standard InChI is InChI=1S/C10H5Cl3FN3O2S/c11-7-1-5(2-8(12)9(7)14)17-20(18,19)6-3-15-10(13)16-4-6/h1-4,17H. The molecule has 2 rings (SSSR count).